The van der Waals surface area contributed by atoms with Gasteiger partial charge in [-0.05, 0) is 59.0 Å². The molecule has 0 fully saturated rings. The molecule has 0 atom stereocenters. The van der Waals surface area contributed by atoms with E-state index >= 15 is 0 Å². The van der Waals surface area contributed by atoms with Crippen LogP contribution < -0.4 is 21.7 Å². The normalized spacial score (nSPS) is 10.4. The van der Waals surface area contributed by atoms with Gasteiger partial charge in [-0.1, -0.05) is 42.5 Å². The molecule has 6 nitrogen and oxygen atoms in total. The van der Waals surface area contributed by atoms with Crippen LogP contribution in [0.1, 0.15) is 15.9 Å². The fourth-order valence-corrected chi connectivity index (χ4v) is 3.96. The molecule has 0 bridgehead atoms. The van der Waals surface area contributed by atoms with Crippen molar-refractivity contribution in [3.8, 4) is 10.4 Å². The van der Waals surface area contributed by atoms with Crippen LogP contribution in [0.25, 0.3) is 10.4 Å². The number of benzene rings is 3. The first-order valence-electron chi connectivity index (χ1n) is 10.5. The lowest BCUT2D eigenvalue weighted by atomic mass is 10.1. The topological polar surface area (TPSA) is 96.2 Å². The third kappa shape index (κ3) is 5.99. The standard InChI is InChI=1S/C26H24N4O2S/c27-22-13-10-20(24-7-4-14-33-24)15-23(22)30-26(32)19-8-11-21(12-9-19)28-17-25(31)29-16-18-5-2-1-3-6-18/h1-15,28H,16-17,27H2,(H,29,31)(H,30,32). The molecular weight excluding hydrogens is 432 g/mol. The number of nitrogen functional groups attached to an aromatic ring is 1. The molecule has 0 unspecified atom stereocenters. The number of hydrogen-bond acceptors (Lipinski definition) is 5. The molecule has 1 aromatic heterocycles. The Labute approximate surface area is 196 Å². The minimum absolute atomic E-state index is 0.109. The van der Waals surface area contributed by atoms with Crippen molar-refractivity contribution in [1.82, 2.24) is 5.32 Å². The number of rotatable bonds is 8. The summed E-state index contributed by atoms with van der Waals surface area (Å²) in [6.07, 6.45) is 0. The molecule has 5 N–H and O–H groups in total. The molecule has 0 spiro atoms. The predicted octanol–water partition coefficient (Wildman–Crippen LogP) is 4.98. The van der Waals surface area contributed by atoms with E-state index in [1.54, 1.807) is 41.7 Å². The van der Waals surface area contributed by atoms with Crippen molar-refractivity contribution in [2.24, 2.45) is 0 Å². The summed E-state index contributed by atoms with van der Waals surface area (Å²) in [5.41, 5.74) is 10.4. The summed E-state index contributed by atoms with van der Waals surface area (Å²) in [5.74, 6) is -0.362. The summed E-state index contributed by atoms with van der Waals surface area (Å²) in [5, 5.41) is 10.8. The highest BCUT2D eigenvalue weighted by Crippen LogP contribution is 2.30. The fraction of sp³-hybridized carbons (Fsp3) is 0.0769. The van der Waals surface area contributed by atoms with E-state index in [2.05, 4.69) is 16.0 Å². The maximum atomic E-state index is 12.7. The van der Waals surface area contributed by atoms with Gasteiger partial charge in [-0.25, -0.2) is 0 Å². The molecule has 33 heavy (non-hydrogen) atoms. The largest absolute Gasteiger partial charge is 0.397 e. The molecule has 0 aliphatic heterocycles. The summed E-state index contributed by atoms with van der Waals surface area (Å²) in [6, 6.07) is 26.3. The van der Waals surface area contributed by atoms with Crippen molar-refractivity contribution in [3.63, 3.8) is 0 Å². The maximum absolute atomic E-state index is 12.7. The number of anilines is 3. The lowest BCUT2D eigenvalue weighted by Gasteiger charge is -2.11. The van der Waals surface area contributed by atoms with E-state index < -0.39 is 0 Å². The Kier molecular flexibility index (Phi) is 7.02. The van der Waals surface area contributed by atoms with Gasteiger partial charge < -0.3 is 21.7 Å². The Morgan fingerprint density at radius 1 is 0.879 bits per heavy atom. The first-order valence-corrected chi connectivity index (χ1v) is 11.4. The SMILES string of the molecule is Nc1ccc(-c2cccs2)cc1NC(=O)c1ccc(NCC(=O)NCc2ccccc2)cc1. The minimum atomic E-state index is -0.253. The van der Waals surface area contributed by atoms with E-state index in [4.69, 9.17) is 5.73 Å². The summed E-state index contributed by atoms with van der Waals surface area (Å²) < 4.78 is 0. The molecule has 166 valence electrons. The Bertz CT molecular complexity index is 1220. The van der Waals surface area contributed by atoms with E-state index in [0.29, 0.717) is 23.5 Å². The zero-order valence-corrected chi connectivity index (χ0v) is 18.7. The molecule has 0 saturated carbocycles. The number of thiophene rings is 1. The Balaban J connectivity index is 1.31. The molecular formula is C26H24N4O2S. The molecule has 7 heteroatoms. The molecule has 0 radical (unpaired) electrons. The number of amides is 2. The zero-order valence-electron chi connectivity index (χ0n) is 17.9. The number of carbonyl (C=O) groups is 2. The van der Waals surface area contributed by atoms with Crippen LogP contribution in [-0.2, 0) is 11.3 Å². The van der Waals surface area contributed by atoms with Crippen LogP contribution >= 0.6 is 11.3 Å². The second-order valence-corrected chi connectivity index (χ2v) is 8.37. The number of nitrogens with one attached hydrogen (secondary N) is 3. The van der Waals surface area contributed by atoms with Gasteiger partial charge in [0.15, 0.2) is 0 Å². The van der Waals surface area contributed by atoms with Crippen LogP contribution in [0.15, 0.2) is 90.3 Å². The van der Waals surface area contributed by atoms with Gasteiger partial charge in [0.1, 0.15) is 0 Å². The van der Waals surface area contributed by atoms with Gasteiger partial charge in [0.25, 0.3) is 5.91 Å². The van der Waals surface area contributed by atoms with Gasteiger partial charge in [-0.2, -0.15) is 0 Å². The highest BCUT2D eigenvalue weighted by Gasteiger charge is 2.10. The van der Waals surface area contributed by atoms with Crippen LogP contribution in [0.2, 0.25) is 0 Å². The van der Waals surface area contributed by atoms with Gasteiger partial charge in [0.2, 0.25) is 5.91 Å². The van der Waals surface area contributed by atoms with Crippen LogP contribution in [-0.4, -0.2) is 18.4 Å². The van der Waals surface area contributed by atoms with Crippen molar-refractivity contribution in [2.75, 3.05) is 22.9 Å². The fourth-order valence-electron chi connectivity index (χ4n) is 3.24. The van der Waals surface area contributed by atoms with Crippen LogP contribution in [0, 0.1) is 0 Å². The first-order chi connectivity index (χ1) is 16.1. The van der Waals surface area contributed by atoms with Crippen molar-refractivity contribution in [1.29, 1.82) is 0 Å². The number of nitrogens with two attached hydrogens (primary N) is 1. The molecule has 0 saturated heterocycles. The van der Waals surface area contributed by atoms with Gasteiger partial charge in [-0.15, -0.1) is 11.3 Å². The third-order valence-corrected chi connectivity index (χ3v) is 5.96. The average molecular weight is 457 g/mol. The molecule has 0 aliphatic carbocycles. The van der Waals surface area contributed by atoms with Crippen molar-refractivity contribution in [2.45, 2.75) is 6.54 Å². The number of carbonyl (C=O) groups excluding carboxylic acids is 2. The van der Waals surface area contributed by atoms with E-state index in [1.165, 1.54) is 0 Å². The second-order valence-electron chi connectivity index (χ2n) is 7.43. The Hall–Kier alpha value is -4.10. The Morgan fingerprint density at radius 2 is 1.67 bits per heavy atom. The average Bonchev–Trinajstić information content (AvgIpc) is 3.39. The van der Waals surface area contributed by atoms with Crippen molar-refractivity contribution < 1.29 is 9.59 Å². The highest BCUT2D eigenvalue weighted by atomic mass is 32.1. The first kappa shape index (κ1) is 22.1. The Morgan fingerprint density at radius 3 is 2.39 bits per heavy atom. The van der Waals surface area contributed by atoms with Crippen molar-refractivity contribution >= 4 is 40.2 Å². The highest BCUT2D eigenvalue weighted by molar-refractivity contribution is 7.13. The van der Waals surface area contributed by atoms with Gasteiger partial charge in [-0.3, -0.25) is 9.59 Å². The second kappa shape index (κ2) is 10.5. The molecule has 4 rings (SSSR count). The third-order valence-electron chi connectivity index (χ3n) is 5.04. The van der Waals surface area contributed by atoms with Gasteiger partial charge in [0, 0.05) is 22.7 Å². The van der Waals surface area contributed by atoms with Crippen molar-refractivity contribution in [3.05, 3.63) is 101 Å². The molecule has 1 heterocycles. The summed E-state index contributed by atoms with van der Waals surface area (Å²) >= 11 is 1.63. The minimum Gasteiger partial charge on any atom is -0.397 e. The lowest BCUT2D eigenvalue weighted by molar-refractivity contribution is -0.119. The van der Waals surface area contributed by atoms with E-state index in [0.717, 1.165) is 21.7 Å². The molecule has 0 aliphatic rings. The lowest BCUT2D eigenvalue weighted by Crippen LogP contribution is -2.29. The van der Waals surface area contributed by atoms with Gasteiger partial charge >= 0.3 is 0 Å². The van der Waals surface area contributed by atoms with Crippen LogP contribution in [0.3, 0.4) is 0 Å². The summed E-state index contributed by atoms with van der Waals surface area (Å²) in [4.78, 5) is 25.9. The molecule has 2 amide bonds. The van der Waals surface area contributed by atoms with Gasteiger partial charge in [0.05, 0.1) is 17.9 Å². The van der Waals surface area contributed by atoms with E-state index in [9.17, 15) is 9.59 Å². The summed E-state index contributed by atoms with van der Waals surface area (Å²) in [6.45, 7) is 0.627. The monoisotopic (exact) mass is 456 g/mol. The van der Waals surface area contributed by atoms with E-state index in [1.807, 2.05) is 60.0 Å². The molecule has 3 aromatic carbocycles. The molecule has 4 aromatic rings. The zero-order chi connectivity index (χ0) is 23.0. The quantitative estimate of drug-likeness (QED) is 0.281. The van der Waals surface area contributed by atoms with Crippen LogP contribution in [0.4, 0.5) is 17.1 Å². The predicted molar refractivity (Wildman–Crippen MR) is 135 cm³/mol. The van der Waals surface area contributed by atoms with Crippen LogP contribution in [0.5, 0.6) is 0 Å². The number of hydrogen-bond donors (Lipinski definition) is 4. The maximum Gasteiger partial charge on any atom is 0.255 e. The summed E-state index contributed by atoms with van der Waals surface area (Å²) in [7, 11) is 0. The van der Waals surface area contributed by atoms with E-state index in [-0.39, 0.29) is 18.4 Å². The smallest absolute Gasteiger partial charge is 0.255 e.